The molecule has 0 unspecified atom stereocenters. The fourth-order valence-corrected chi connectivity index (χ4v) is 1.57. The fraction of sp³-hybridized carbons (Fsp3) is 0.818. The Morgan fingerprint density at radius 3 is 2.69 bits per heavy atom. The number of piperazine rings is 1. The average Bonchev–Trinajstić information content (AvgIpc) is 2.19. The van der Waals surface area contributed by atoms with Crippen molar-refractivity contribution in [2.24, 2.45) is 0 Å². The zero-order valence-corrected chi connectivity index (χ0v) is 8.76. The fourth-order valence-electron chi connectivity index (χ4n) is 1.57. The van der Waals surface area contributed by atoms with E-state index in [9.17, 15) is 0 Å². The van der Waals surface area contributed by atoms with Crippen LogP contribution in [0.4, 0.5) is 0 Å². The molecule has 0 atom stereocenters. The molecule has 0 saturated carbocycles. The molecule has 1 N–H and O–H groups in total. The number of hydrogen-bond donors (Lipinski definition) is 1. The van der Waals surface area contributed by atoms with Crippen LogP contribution in [0.2, 0.25) is 0 Å². The van der Waals surface area contributed by atoms with Crippen LogP contribution >= 0.6 is 0 Å². The minimum Gasteiger partial charge on any atom is -0.375 e. The maximum Gasteiger partial charge on any atom is 0.0298 e. The van der Waals surface area contributed by atoms with Gasteiger partial charge < -0.3 is 10.2 Å². The summed E-state index contributed by atoms with van der Waals surface area (Å²) in [6.07, 6.45) is 9.88. The van der Waals surface area contributed by atoms with Crippen LogP contribution in [0.15, 0.2) is 12.3 Å². The van der Waals surface area contributed by atoms with Gasteiger partial charge in [-0.25, -0.2) is 0 Å². The predicted molar refractivity (Wildman–Crippen MR) is 57.7 cm³/mol. The van der Waals surface area contributed by atoms with E-state index in [1.165, 1.54) is 38.8 Å². The molecule has 1 saturated heterocycles. The lowest BCUT2D eigenvalue weighted by atomic mass is 10.2. The number of hydrogen-bond acceptors (Lipinski definition) is 2. The van der Waals surface area contributed by atoms with Gasteiger partial charge in [0.25, 0.3) is 0 Å². The van der Waals surface area contributed by atoms with Gasteiger partial charge in [-0.1, -0.05) is 25.8 Å². The summed E-state index contributed by atoms with van der Waals surface area (Å²) in [5.74, 6) is 0. The highest BCUT2D eigenvalue weighted by Gasteiger charge is 2.03. The zero-order valence-electron chi connectivity index (χ0n) is 8.76. The summed E-state index contributed by atoms with van der Waals surface area (Å²) in [5.41, 5.74) is 0. The Kier molecular flexibility index (Phi) is 5.66. The van der Waals surface area contributed by atoms with Crippen molar-refractivity contribution in [1.29, 1.82) is 0 Å². The van der Waals surface area contributed by atoms with Crippen LogP contribution in [0.3, 0.4) is 0 Å². The van der Waals surface area contributed by atoms with Gasteiger partial charge in [-0.2, -0.15) is 0 Å². The van der Waals surface area contributed by atoms with E-state index in [4.69, 9.17) is 0 Å². The van der Waals surface area contributed by atoms with Gasteiger partial charge in [0.15, 0.2) is 0 Å². The van der Waals surface area contributed by atoms with Crippen molar-refractivity contribution >= 4 is 0 Å². The molecule has 1 heterocycles. The standard InChI is InChI=1S/C11H22N2/c1-2-3-4-5-6-9-13-10-7-12-8-11-13/h6,9,12H,2-5,7-8,10-11H2,1H3. The van der Waals surface area contributed by atoms with Crippen molar-refractivity contribution in [3.8, 4) is 0 Å². The minimum atomic E-state index is 1.14. The third-order valence-electron chi connectivity index (χ3n) is 2.44. The molecule has 0 aliphatic carbocycles. The van der Waals surface area contributed by atoms with Crippen molar-refractivity contribution in [2.45, 2.75) is 32.6 Å². The lowest BCUT2D eigenvalue weighted by Crippen LogP contribution is -2.40. The van der Waals surface area contributed by atoms with Crippen LogP contribution in [0.5, 0.6) is 0 Å². The number of unbranched alkanes of at least 4 members (excludes halogenated alkanes) is 3. The summed E-state index contributed by atoms with van der Waals surface area (Å²) >= 11 is 0. The first kappa shape index (κ1) is 10.6. The second-order valence-corrected chi connectivity index (χ2v) is 3.67. The summed E-state index contributed by atoms with van der Waals surface area (Å²) in [4.78, 5) is 2.41. The van der Waals surface area contributed by atoms with Crippen LogP contribution in [-0.4, -0.2) is 31.1 Å². The highest BCUT2D eigenvalue weighted by molar-refractivity contribution is 4.84. The first-order chi connectivity index (χ1) is 6.43. The molecular weight excluding hydrogens is 160 g/mol. The van der Waals surface area contributed by atoms with Gasteiger partial charge in [-0.15, -0.1) is 0 Å². The quantitative estimate of drug-likeness (QED) is 0.654. The molecule has 2 nitrogen and oxygen atoms in total. The number of nitrogens with one attached hydrogen (secondary N) is 1. The number of rotatable bonds is 5. The molecule has 0 aromatic heterocycles. The molecule has 1 rings (SSSR count). The van der Waals surface area contributed by atoms with Gasteiger partial charge in [0.2, 0.25) is 0 Å². The van der Waals surface area contributed by atoms with Gasteiger partial charge >= 0.3 is 0 Å². The highest BCUT2D eigenvalue weighted by Crippen LogP contribution is 2.01. The van der Waals surface area contributed by atoms with Crippen molar-refractivity contribution in [1.82, 2.24) is 10.2 Å². The first-order valence-corrected chi connectivity index (χ1v) is 5.55. The maximum atomic E-state index is 3.35. The van der Waals surface area contributed by atoms with Crippen molar-refractivity contribution in [3.05, 3.63) is 12.3 Å². The summed E-state index contributed by atoms with van der Waals surface area (Å²) < 4.78 is 0. The molecule has 0 radical (unpaired) electrons. The Bertz CT molecular complexity index is 137. The van der Waals surface area contributed by atoms with E-state index in [0.29, 0.717) is 0 Å². The van der Waals surface area contributed by atoms with Crippen LogP contribution in [0.25, 0.3) is 0 Å². The van der Waals surface area contributed by atoms with E-state index in [1.54, 1.807) is 0 Å². The Morgan fingerprint density at radius 1 is 1.23 bits per heavy atom. The molecule has 0 spiro atoms. The normalized spacial score (nSPS) is 18.4. The molecule has 2 heteroatoms. The maximum absolute atomic E-state index is 3.35. The van der Waals surface area contributed by atoms with Gasteiger partial charge in [0.1, 0.15) is 0 Å². The van der Waals surface area contributed by atoms with E-state index >= 15 is 0 Å². The third-order valence-corrected chi connectivity index (χ3v) is 2.44. The van der Waals surface area contributed by atoms with Gasteiger partial charge in [-0.3, -0.25) is 0 Å². The minimum absolute atomic E-state index is 1.14. The van der Waals surface area contributed by atoms with Gasteiger partial charge in [0, 0.05) is 26.2 Å². The lowest BCUT2D eigenvalue weighted by molar-refractivity contribution is 0.323. The average molecular weight is 182 g/mol. The molecule has 0 amide bonds. The van der Waals surface area contributed by atoms with Crippen LogP contribution in [0, 0.1) is 0 Å². The second kappa shape index (κ2) is 6.96. The SMILES string of the molecule is CCCCCC=CN1CCNCC1. The Balaban J connectivity index is 2.01. The molecule has 1 fully saturated rings. The predicted octanol–water partition coefficient (Wildman–Crippen LogP) is 1.99. The topological polar surface area (TPSA) is 15.3 Å². The summed E-state index contributed by atoms with van der Waals surface area (Å²) in [7, 11) is 0. The van der Waals surface area contributed by atoms with Gasteiger partial charge in [-0.05, 0) is 19.0 Å². The van der Waals surface area contributed by atoms with E-state index in [0.717, 1.165) is 13.1 Å². The third kappa shape index (κ3) is 4.94. The molecule has 13 heavy (non-hydrogen) atoms. The van der Waals surface area contributed by atoms with Crippen molar-refractivity contribution in [2.75, 3.05) is 26.2 Å². The molecule has 0 bridgehead atoms. The van der Waals surface area contributed by atoms with Crippen molar-refractivity contribution in [3.63, 3.8) is 0 Å². The monoisotopic (exact) mass is 182 g/mol. The summed E-state index contributed by atoms with van der Waals surface area (Å²) in [6.45, 7) is 6.87. The van der Waals surface area contributed by atoms with Crippen LogP contribution in [0.1, 0.15) is 32.6 Å². The Hall–Kier alpha value is -0.500. The molecular formula is C11H22N2. The number of nitrogens with zero attached hydrogens (tertiary/aromatic N) is 1. The van der Waals surface area contributed by atoms with Crippen LogP contribution < -0.4 is 5.32 Å². The van der Waals surface area contributed by atoms with E-state index in [2.05, 4.69) is 29.4 Å². The van der Waals surface area contributed by atoms with Gasteiger partial charge in [0.05, 0.1) is 0 Å². The molecule has 0 aromatic carbocycles. The largest absolute Gasteiger partial charge is 0.375 e. The van der Waals surface area contributed by atoms with Crippen LogP contribution in [-0.2, 0) is 0 Å². The second-order valence-electron chi connectivity index (χ2n) is 3.67. The number of allylic oxidation sites excluding steroid dienone is 1. The lowest BCUT2D eigenvalue weighted by Gasteiger charge is -2.25. The van der Waals surface area contributed by atoms with E-state index < -0.39 is 0 Å². The highest BCUT2D eigenvalue weighted by atomic mass is 15.2. The summed E-state index contributed by atoms with van der Waals surface area (Å²) in [5, 5.41) is 3.35. The molecule has 76 valence electrons. The Labute approximate surface area is 82.0 Å². The first-order valence-electron chi connectivity index (χ1n) is 5.55. The molecule has 1 aliphatic heterocycles. The van der Waals surface area contributed by atoms with E-state index in [1.807, 2.05) is 0 Å². The summed E-state index contributed by atoms with van der Waals surface area (Å²) in [6, 6.07) is 0. The van der Waals surface area contributed by atoms with E-state index in [-0.39, 0.29) is 0 Å². The zero-order chi connectivity index (χ0) is 9.36. The molecule has 0 aromatic rings. The van der Waals surface area contributed by atoms with Crippen molar-refractivity contribution < 1.29 is 0 Å². The Morgan fingerprint density at radius 2 is 2.00 bits per heavy atom. The molecule has 1 aliphatic rings. The smallest absolute Gasteiger partial charge is 0.0298 e.